The predicted octanol–water partition coefficient (Wildman–Crippen LogP) is 2.23. The molecule has 6 nitrogen and oxygen atoms in total. The van der Waals surface area contributed by atoms with Crippen LogP contribution in [-0.2, 0) is 9.59 Å². The van der Waals surface area contributed by atoms with E-state index in [9.17, 15) is 9.59 Å². The molecule has 2 bridgehead atoms. The molecule has 4 aliphatic rings. The number of carbonyl (C=O) groups is 2. The Labute approximate surface area is 151 Å². The molecule has 6 heteroatoms. The number of fused-ring (bicyclic) bond motifs is 3. The van der Waals surface area contributed by atoms with Crippen molar-refractivity contribution in [2.45, 2.75) is 12.8 Å². The molecule has 0 unspecified atom stereocenters. The lowest BCUT2D eigenvalue weighted by Crippen LogP contribution is -2.30. The number of amides is 2. The Morgan fingerprint density at radius 3 is 2.27 bits per heavy atom. The number of hydrogen-bond donors (Lipinski definition) is 0. The van der Waals surface area contributed by atoms with Crippen molar-refractivity contribution in [3.63, 3.8) is 0 Å². The van der Waals surface area contributed by atoms with Gasteiger partial charge in [0, 0.05) is 5.56 Å². The Morgan fingerprint density at radius 2 is 1.73 bits per heavy atom. The van der Waals surface area contributed by atoms with E-state index in [0.29, 0.717) is 17.1 Å². The van der Waals surface area contributed by atoms with Crippen LogP contribution >= 0.6 is 0 Å². The van der Waals surface area contributed by atoms with Gasteiger partial charge < -0.3 is 9.47 Å². The number of ether oxygens (including phenoxy) is 2. The normalized spacial score (nSPS) is 32.8. The Kier molecular flexibility index (Phi) is 3.12. The predicted molar refractivity (Wildman–Crippen MR) is 93.8 cm³/mol. The molecule has 2 saturated carbocycles. The fourth-order valence-electron chi connectivity index (χ4n) is 5.24. The number of nitrogens with zero attached hydrogens (tertiary/aromatic N) is 2. The van der Waals surface area contributed by atoms with E-state index in [0.717, 1.165) is 17.9 Å². The molecule has 4 atom stereocenters. The highest BCUT2D eigenvalue weighted by Crippen LogP contribution is 2.73. The molecule has 1 aromatic rings. The average Bonchev–Trinajstić information content (AvgIpc) is 3.26. The molecule has 0 aromatic heterocycles. The lowest BCUT2D eigenvalue weighted by atomic mass is 9.85. The Balaban J connectivity index is 1.44. The Morgan fingerprint density at radius 1 is 1.08 bits per heavy atom. The Hall–Kier alpha value is -2.63. The second-order valence-electron chi connectivity index (χ2n) is 7.56. The summed E-state index contributed by atoms with van der Waals surface area (Å²) < 4.78 is 10.5. The van der Waals surface area contributed by atoms with E-state index in [1.165, 1.54) is 6.21 Å². The molecular weight excluding hydrogens is 332 g/mol. The summed E-state index contributed by atoms with van der Waals surface area (Å²) in [6.45, 7) is 0. The summed E-state index contributed by atoms with van der Waals surface area (Å²) in [5, 5.41) is 5.30. The molecule has 1 spiro atoms. The smallest absolute Gasteiger partial charge is 0.254 e. The number of methoxy groups -OCH3 is 2. The lowest BCUT2D eigenvalue weighted by molar-refractivity contribution is -0.141. The molecule has 3 fully saturated rings. The van der Waals surface area contributed by atoms with Gasteiger partial charge in [-0.25, -0.2) is 0 Å². The lowest BCUT2D eigenvalue weighted by Gasteiger charge is -2.18. The maximum absolute atomic E-state index is 12.9. The van der Waals surface area contributed by atoms with Gasteiger partial charge in [-0.15, -0.1) is 0 Å². The summed E-state index contributed by atoms with van der Waals surface area (Å²) in [7, 11) is 3.14. The van der Waals surface area contributed by atoms with Crippen molar-refractivity contribution in [1.29, 1.82) is 0 Å². The highest BCUT2D eigenvalue weighted by atomic mass is 16.5. The van der Waals surface area contributed by atoms with E-state index in [1.54, 1.807) is 32.4 Å². The summed E-state index contributed by atoms with van der Waals surface area (Å²) in [5.41, 5.74) is 0.858. The summed E-state index contributed by atoms with van der Waals surface area (Å²) >= 11 is 0. The first-order valence-corrected chi connectivity index (χ1v) is 8.93. The zero-order valence-corrected chi connectivity index (χ0v) is 14.7. The van der Waals surface area contributed by atoms with Gasteiger partial charge in [0.25, 0.3) is 11.8 Å². The fourth-order valence-corrected chi connectivity index (χ4v) is 5.24. The summed E-state index contributed by atoms with van der Waals surface area (Å²) in [6, 6.07) is 5.31. The van der Waals surface area contributed by atoms with Crippen molar-refractivity contribution < 1.29 is 19.1 Å². The number of allylic oxidation sites excluding steroid dienone is 2. The molecule has 134 valence electrons. The van der Waals surface area contributed by atoms with Crippen molar-refractivity contribution in [2.75, 3.05) is 14.2 Å². The molecule has 1 aliphatic heterocycles. The zero-order chi connectivity index (χ0) is 18.1. The van der Waals surface area contributed by atoms with Crippen LogP contribution in [0.15, 0.2) is 35.5 Å². The van der Waals surface area contributed by atoms with Gasteiger partial charge in [0.15, 0.2) is 0 Å². The van der Waals surface area contributed by atoms with Crippen molar-refractivity contribution in [3.05, 3.63) is 35.9 Å². The molecule has 5 rings (SSSR count). The third-order valence-electron chi connectivity index (χ3n) is 6.58. The minimum absolute atomic E-state index is 0.166. The van der Waals surface area contributed by atoms with Crippen LogP contribution in [-0.4, -0.2) is 37.3 Å². The van der Waals surface area contributed by atoms with E-state index >= 15 is 0 Å². The molecule has 1 heterocycles. The van der Waals surface area contributed by atoms with Gasteiger partial charge in [-0.1, -0.05) is 12.2 Å². The molecule has 0 N–H and O–H groups in total. The van der Waals surface area contributed by atoms with Crippen LogP contribution in [0.25, 0.3) is 0 Å². The van der Waals surface area contributed by atoms with Gasteiger partial charge in [-0.05, 0) is 48.3 Å². The second kappa shape index (κ2) is 5.19. The topological polar surface area (TPSA) is 68.2 Å². The van der Waals surface area contributed by atoms with Crippen LogP contribution in [0.5, 0.6) is 11.5 Å². The Bertz CT molecular complexity index is 837. The number of benzene rings is 1. The third kappa shape index (κ3) is 1.84. The summed E-state index contributed by atoms with van der Waals surface area (Å²) in [4.78, 5) is 25.8. The molecule has 3 aliphatic carbocycles. The first-order valence-electron chi connectivity index (χ1n) is 8.93. The van der Waals surface area contributed by atoms with Crippen molar-refractivity contribution in [2.24, 2.45) is 34.2 Å². The average molecular weight is 352 g/mol. The second-order valence-corrected chi connectivity index (χ2v) is 7.56. The molecule has 26 heavy (non-hydrogen) atoms. The highest BCUT2D eigenvalue weighted by molar-refractivity contribution is 6.07. The maximum atomic E-state index is 12.9. The van der Waals surface area contributed by atoms with Crippen LogP contribution in [0.4, 0.5) is 0 Å². The van der Waals surface area contributed by atoms with E-state index in [-0.39, 0.29) is 40.9 Å². The van der Waals surface area contributed by atoms with Gasteiger partial charge in [-0.2, -0.15) is 10.1 Å². The molecule has 0 radical (unpaired) electrons. The minimum atomic E-state index is -0.232. The summed E-state index contributed by atoms with van der Waals surface area (Å²) in [6.07, 6.45) is 8.07. The third-order valence-corrected chi connectivity index (χ3v) is 6.58. The highest BCUT2D eigenvalue weighted by Gasteiger charge is 2.73. The van der Waals surface area contributed by atoms with Crippen molar-refractivity contribution >= 4 is 18.0 Å². The van der Waals surface area contributed by atoms with Crippen LogP contribution in [0, 0.1) is 29.1 Å². The van der Waals surface area contributed by atoms with E-state index in [2.05, 4.69) is 17.3 Å². The monoisotopic (exact) mass is 352 g/mol. The minimum Gasteiger partial charge on any atom is -0.497 e. The fraction of sp³-hybridized carbons (Fsp3) is 0.450. The molecular formula is C20H20N2O4. The first kappa shape index (κ1) is 15.6. The van der Waals surface area contributed by atoms with E-state index in [4.69, 9.17) is 9.47 Å². The van der Waals surface area contributed by atoms with Crippen molar-refractivity contribution in [3.8, 4) is 11.5 Å². The van der Waals surface area contributed by atoms with Crippen LogP contribution < -0.4 is 9.47 Å². The molecule has 2 amide bonds. The zero-order valence-electron chi connectivity index (χ0n) is 14.7. The van der Waals surface area contributed by atoms with Gasteiger partial charge in [0.05, 0.1) is 32.3 Å². The maximum Gasteiger partial charge on any atom is 0.254 e. The van der Waals surface area contributed by atoms with Crippen LogP contribution in [0.2, 0.25) is 0 Å². The van der Waals surface area contributed by atoms with Gasteiger partial charge in [-0.3, -0.25) is 9.59 Å². The number of imide groups is 1. The number of hydrazone groups is 1. The van der Waals surface area contributed by atoms with Crippen LogP contribution in [0.1, 0.15) is 18.4 Å². The van der Waals surface area contributed by atoms with Gasteiger partial charge >= 0.3 is 0 Å². The standard InChI is InChI=1S/C20H20N2O4/c1-25-12-3-6-15(26-2)11(9-12)10-21-22-18(23)16-13-4-5-14(17(16)19(22)24)20(13)7-8-20/h3-6,9-10,13-14,16-17H,7-8H2,1-2H3/b21-10-/t13-,14+,16+,17-. The first-order chi connectivity index (χ1) is 12.6. The molecule has 1 saturated heterocycles. The van der Waals surface area contributed by atoms with Crippen molar-refractivity contribution in [1.82, 2.24) is 5.01 Å². The summed E-state index contributed by atoms with van der Waals surface area (Å²) in [5.74, 6) is 0.880. The number of carbonyl (C=O) groups excluding carboxylic acids is 2. The SMILES string of the molecule is COc1ccc(OC)c(/C=N\N2C(=O)[C@@H]3[C@H](C2=O)[C@@H]2C=C[C@H]3C23CC3)c1. The largest absolute Gasteiger partial charge is 0.497 e. The number of hydrogen-bond acceptors (Lipinski definition) is 5. The van der Waals surface area contributed by atoms with E-state index in [1.807, 2.05) is 0 Å². The van der Waals surface area contributed by atoms with E-state index < -0.39 is 0 Å². The molecule has 1 aromatic carbocycles. The number of rotatable bonds is 4. The van der Waals surface area contributed by atoms with Gasteiger partial charge in [0.2, 0.25) is 0 Å². The van der Waals surface area contributed by atoms with Crippen LogP contribution in [0.3, 0.4) is 0 Å². The van der Waals surface area contributed by atoms with Gasteiger partial charge in [0.1, 0.15) is 11.5 Å². The quantitative estimate of drug-likeness (QED) is 0.473.